The third-order valence-corrected chi connectivity index (χ3v) is 0.570. The van der Waals surface area contributed by atoms with E-state index < -0.39 is 23.1 Å². The molecular formula is C4H10Cl2O3Ti. The molecule has 0 aliphatic heterocycles. The molecule has 0 aromatic rings. The average Bonchev–Trinajstić information content (AvgIpc) is 1.90. The van der Waals surface area contributed by atoms with Crippen LogP contribution in [0.2, 0.25) is 0 Å². The van der Waals surface area contributed by atoms with Gasteiger partial charge in [-0.15, -0.1) is 0 Å². The molecule has 1 unspecified atom stereocenters. The zero-order chi connectivity index (χ0) is 8.41. The van der Waals surface area contributed by atoms with E-state index in [0.717, 1.165) is 0 Å². The molecule has 0 rings (SSSR count). The van der Waals surface area contributed by atoms with Crippen LogP contribution in [0.1, 0.15) is 0 Å². The normalized spacial score (nSPS) is 11.3. The second-order valence-electron chi connectivity index (χ2n) is 1.36. The number of hydrogen-bond donors (Lipinski definition) is 2. The van der Waals surface area contributed by atoms with E-state index >= 15 is 0 Å². The van der Waals surface area contributed by atoms with Gasteiger partial charge in [0.1, 0.15) is 6.10 Å². The van der Waals surface area contributed by atoms with Gasteiger partial charge in [-0.25, -0.2) is 0 Å². The zero-order valence-corrected chi connectivity index (χ0v) is 8.62. The number of aliphatic hydroxyl groups excluding tert-OH is 2. The van der Waals surface area contributed by atoms with Crippen LogP contribution in [0, 0.1) is 0 Å². The van der Waals surface area contributed by atoms with E-state index in [9.17, 15) is 0 Å². The van der Waals surface area contributed by atoms with Crippen LogP contribution in [0.4, 0.5) is 0 Å². The number of ether oxygens (including phenoxy) is 1. The van der Waals surface area contributed by atoms with Crippen molar-refractivity contribution in [2.45, 2.75) is 6.10 Å². The zero-order valence-electron chi connectivity index (χ0n) is 5.55. The Balaban J connectivity index is 0. The van der Waals surface area contributed by atoms with E-state index in [0.29, 0.717) is 0 Å². The van der Waals surface area contributed by atoms with Gasteiger partial charge in [0.15, 0.2) is 0 Å². The summed E-state index contributed by atoms with van der Waals surface area (Å²) in [6.07, 6.45) is -0.718. The molecule has 0 radical (unpaired) electrons. The summed E-state index contributed by atoms with van der Waals surface area (Å²) >= 11 is -0.556. The first-order valence-corrected chi connectivity index (χ1v) is 6.76. The molecule has 0 aliphatic rings. The van der Waals surface area contributed by atoms with Crippen LogP contribution in [0.5, 0.6) is 0 Å². The Morgan fingerprint density at radius 1 is 1.60 bits per heavy atom. The molecule has 0 amide bonds. The quantitative estimate of drug-likeness (QED) is 0.681. The number of methoxy groups -OCH3 is 1. The van der Waals surface area contributed by atoms with Crippen molar-refractivity contribution in [3.05, 3.63) is 0 Å². The molecule has 0 saturated carbocycles. The maximum atomic E-state index is 8.48. The SMILES string of the molecule is COCC(O)CO.[Cl][Ti][Cl]. The average molecular weight is 225 g/mol. The van der Waals surface area contributed by atoms with E-state index in [4.69, 9.17) is 28.8 Å². The van der Waals surface area contributed by atoms with E-state index in [1.54, 1.807) is 0 Å². The van der Waals surface area contributed by atoms with Crippen LogP contribution >= 0.6 is 18.6 Å². The van der Waals surface area contributed by atoms with Crippen LogP contribution in [0.25, 0.3) is 0 Å². The van der Waals surface area contributed by atoms with E-state index in [2.05, 4.69) is 4.74 Å². The van der Waals surface area contributed by atoms with Crippen molar-refractivity contribution in [3.8, 4) is 0 Å². The molecule has 62 valence electrons. The van der Waals surface area contributed by atoms with Gasteiger partial charge < -0.3 is 14.9 Å². The molecule has 3 nitrogen and oxygen atoms in total. The molecule has 10 heavy (non-hydrogen) atoms. The molecule has 6 heteroatoms. The summed E-state index contributed by atoms with van der Waals surface area (Å²) < 4.78 is 4.48. The molecule has 0 bridgehead atoms. The van der Waals surface area contributed by atoms with Crippen LogP contribution in [-0.2, 0) is 21.8 Å². The van der Waals surface area contributed by atoms with E-state index in [1.807, 2.05) is 0 Å². The Labute approximate surface area is 77.0 Å². The van der Waals surface area contributed by atoms with Gasteiger partial charge in [0, 0.05) is 7.11 Å². The molecular weight excluding hydrogens is 215 g/mol. The van der Waals surface area contributed by atoms with Gasteiger partial charge in [0.05, 0.1) is 13.2 Å². The van der Waals surface area contributed by atoms with E-state index in [1.165, 1.54) is 7.11 Å². The summed E-state index contributed by atoms with van der Waals surface area (Å²) in [4.78, 5) is 0. The van der Waals surface area contributed by atoms with Gasteiger partial charge >= 0.3 is 35.6 Å². The Bertz CT molecular complexity index is 57.8. The Kier molecular flexibility index (Phi) is 17.6. The van der Waals surface area contributed by atoms with Gasteiger partial charge in [-0.2, -0.15) is 0 Å². The van der Waals surface area contributed by atoms with Crippen molar-refractivity contribution in [3.63, 3.8) is 0 Å². The summed E-state index contributed by atoms with van der Waals surface area (Å²) in [5, 5.41) is 16.6. The fraction of sp³-hybridized carbons (Fsp3) is 1.00. The standard InChI is InChI=1S/C4H10O3.2ClH.Ti/c1-7-3-4(6)2-5;;;/h4-6H,2-3H2,1H3;2*1H;/q;;;+2/p-2. The Hall–Kier alpha value is 1.17. The minimum absolute atomic E-state index is 0.205. The van der Waals surface area contributed by atoms with Crippen molar-refractivity contribution >= 4 is 18.6 Å². The third kappa shape index (κ3) is 16.1. The number of aliphatic hydroxyl groups is 2. The molecule has 0 fully saturated rings. The van der Waals surface area contributed by atoms with Crippen LogP contribution < -0.4 is 0 Å². The van der Waals surface area contributed by atoms with Gasteiger partial charge in [-0.3, -0.25) is 0 Å². The van der Waals surface area contributed by atoms with E-state index in [-0.39, 0.29) is 13.2 Å². The first-order valence-electron chi connectivity index (χ1n) is 2.47. The first kappa shape index (κ1) is 13.7. The van der Waals surface area contributed by atoms with Crippen molar-refractivity contribution in [1.82, 2.24) is 0 Å². The van der Waals surface area contributed by atoms with Gasteiger partial charge in [-0.1, -0.05) is 0 Å². The summed E-state index contributed by atoms with van der Waals surface area (Å²) in [5.74, 6) is 0. The maximum absolute atomic E-state index is 8.48. The van der Waals surface area contributed by atoms with Crippen LogP contribution in [0.3, 0.4) is 0 Å². The molecule has 0 aromatic carbocycles. The van der Waals surface area contributed by atoms with Gasteiger partial charge in [0.2, 0.25) is 0 Å². The second kappa shape index (κ2) is 12.8. The number of halogens is 2. The predicted molar refractivity (Wildman–Crippen MR) is 36.7 cm³/mol. The van der Waals surface area contributed by atoms with Crippen molar-refractivity contribution in [1.29, 1.82) is 0 Å². The molecule has 1 atom stereocenters. The molecule has 0 aromatic heterocycles. The predicted octanol–water partition coefficient (Wildman–Crippen LogP) is 0.363. The number of hydrogen-bond acceptors (Lipinski definition) is 3. The van der Waals surface area contributed by atoms with Gasteiger partial charge in [-0.05, 0) is 0 Å². The molecule has 2 N–H and O–H groups in total. The third-order valence-electron chi connectivity index (χ3n) is 0.570. The summed E-state index contributed by atoms with van der Waals surface area (Å²) in [6, 6.07) is 0. The number of rotatable bonds is 3. The van der Waals surface area contributed by atoms with Crippen molar-refractivity contribution < 1.29 is 32.0 Å². The molecule has 0 saturated heterocycles. The topological polar surface area (TPSA) is 49.7 Å². The van der Waals surface area contributed by atoms with Crippen LogP contribution in [-0.4, -0.2) is 36.6 Å². The molecule has 0 spiro atoms. The monoisotopic (exact) mass is 224 g/mol. The molecule has 0 heterocycles. The van der Waals surface area contributed by atoms with Gasteiger partial charge in [0.25, 0.3) is 0 Å². The Morgan fingerprint density at radius 3 is 2.10 bits per heavy atom. The fourth-order valence-electron chi connectivity index (χ4n) is 0.245. The molecule has 0 aliphatic carbocycles. The van der Waals surface area contributed by atoms with Crippen LogP contribution in [0.15, 0.2) is 0 Å². The summed E-state index contributed by atoms with van der Waals surface area (Å²) in [5.41, 5.74) is 0. The fourth-order valence-corrected chi connectivity index (χ4v) is 0.245. The van der Waals surface area contributed by atoms with Crippen molar-refractivity contribution in [2.75, 3.05) is 20.3 Å². The van der Waals surface area contributed by atoms with Crippen molar-refractivity contribution in [2.24, 2.45) is 0 Å². The Morgan fingerprint density at radius 2 is 2.00 bits per heavy atom. The first-order chi connectivity index (χ1) is 4.72. The summed E-state index contributed by atoms with van der Waals surface area (Å²) in [7, 11) is 11.2. The summed E-state index contributed by atoms with van der Waals surface area (Å²) in [6.45, 7) is -0.0235. The minimum atomic E-state index is -0.718. The second-order valence-corrected chi connectivity index (χ2v) is 3.94.